The van der Waals surface area contributed by atoms with E-state index in [0.717, 1.165) is 19.3 Å². The van der Waals surface area contributed by atoms with Crippen molar-refractivity contribution >= 4 is 11.9 Å². The Labute approximate surface area is 137 Å². The van der Waals surface area contributed by atoms with Crippen molar-refractivity contribution in [1.82, 2.24) is 4.90 Å². The van der Waals surface area contributed by atoms with E-state index in [9.17, 15) is 9.59 Å². The molecule has 3 heterocycles. The van der Waals surface area contributed by atoms with Gasteiger partial charge < -0.3 is 14.4 Å². The van der Waals surface area contributed by atoms with Crippen LogP contribution in [0.5, 0.6) is 0 Å². The first-order valence-corrected chi connectivity index (χ1v) is 9.00. The van der Waals surface area contributed by atoms with Crippen LogP contribution in [-0.4, -0.2) is 47.7 Å². The molecule has 0 N–H and O–H groups in total. The summed E-state index contributed by atoms with van der Waals surface area (Å²) in [5.74, 6) is -1.02. The zero-order valence-corrected chi connectivity index (χ0v) is 13.7. The van der Waals surface area contributed by atoms with Gasteiger partial charge in [0.1, 0.15) is 11.5 Å². The Bertz CT molecular complexity index is 539. The van der Waals surface area contributed by atoms with Crippen molar-refractivity contribution in [2.45, 2.75) is 63.2 Å². The van der Waals surface area contributed by atoms with Crippen LogP contribution in [0.4, 0.5) is 0 Å². The summed E-state index contributed by atoms with van der Waals surface area (Å²) >= 11 is 0. The highest BCUT2D eigenvalue weighted by atomic mass is 16.6. The lowest BCUT2D eigenvalue weighted by Gasteiger charge is -2.32. The van der Waals surface area contributed by atoms with E-state index in [1.54, 1.807) is 0 Å². The van der Waals surface area contributed by atoms with Crippen molar-refractivity contribution in [3.05, 3.63) is 12.2 Å². The van der Waals surface area contributed by atoms with E-state index in [0.29, 0.717) is 19.2 Å². The van der Waals surface area contributed by atoms with Crippen molar-refractivity contribution in [3.8, 4) is 0 Å². The fourth-order valence-corrected chi connectivity index (χ4v) is 4.80. The average molecular weight is 319 g/mol. The lowest BCUT2D eigenvalue weighted by atomic mass is 9.77. The maximum absolute atomic E-state index is 13.1. The molecule has 23 heavy (non-hydrogen) atoms. The molecular formula is C18H25NO4. The van der Waals surface area contributed by atoms with Gasteiger partial charge in [0.05, 0.1) is 25.2 Å². The molecule has 3 fully saturated rings. The molecule has 1 aliphatic carbocycles. The van der Waals surface area contributed by atoms with Crippen LogP contribution in [0.2, 0.25) is 0 Å². The highest BCUT2D eigenvalue weighted by Crippen LogP contribution is 2.53. The highest BCUT2D eigenvalue weighted by molar-refractivity contribution is 5.91. The number of ether oxygens (including phenoxy) is 2. The summed E-state index contributed by atoms with van der Waals surface area (Å²) in [7, 11) is 0. The topological polar surface area (TPSA) is 55.8 Å². The molecule has 0 aromatic heterocycles. The smallest absolute Gasteiger partial charge is 0.312 e. The summed E-state index contributed by atoms with van der Waals surface area (Å²) in [6.45, 7) is 2.98. The van der Waals surface area contributed by atoms with E-state index < -0.39 is 11.5 Å². The summed E-state index contributed by atoms with van der Waals surface area (Å²) in [5.41, 5.74) is -0.588. The second-order valence-electron chi connectivity index (χ2n) is 7.33. The second-order valence-corrected chi connectivity index (χ2v) is 7.33. The van der Waals surface area contributed by atoms with Gasteiger partial charge in [-0.3, -0.25) is 9.59 Å². The minimum Gasteiger partial charge on any atom is -0.465 e. The molecule has 1 saturated carbocycles. The van der Waals surface area contributed by atoms with Gasteiger partial charge in [0.2, 0.25) is 5.91 Å². The first-order valence-electron chi connectivity index (χ1n) is 9.00. The van der Waals surface area contributed by atoms with Gasteiger partial charge in [-0.05, 0) is 19.3 Å². The Morgan fingerprint density at radius 3 is 2.91 bits per heavy atom. The monoisotopic (exact) mass is 319 g/mol. The number of nitrogens with zero attached hydrogens (tertiary/aromatic N) is 1. The van der Waals surface area contributed by atoms with E-state index in [-0.39, 0.29) is 23.9 Å². The number of likely N-dealkylation sites (tertiary alicyclic amines) is 1. The van der Waals surface area contributed by atoms with Gasteiger partial charge in [0.15, 0.2) is 0 Å². The molecular weight excluding hydrogens is 294 g/mol. The highest BCUT2D eigenvalue weighted by Gasteiger charge is 2.67. The van der Waals surface area contributed by atoms with Crippen LogP contribution in [0.1, 0.15) is 45.4 Å². The van der Waals surface area contributed by atoms with Gasteiger partial charge >= 0.3 is 5.97 Å². The fraction of sp³-hybridized carbons (Fsp3) is 0.778. The molecule has 1 amide bonds. The maximum Gasteiger partial charge on any atom is 0.312 e. The molecule has 2 bridgehead atoms. The molecule has 4 aliphatic rings. The molecule has 0 radical (unpaired) electrons. The number of hydrogen-bond acceptors (Lipinski definition) is 4. The summed E-state index contributed by atoms with van der Waals surface area (Å²) in [6.07, 6.45) is 10.3. The SMILES string of the molecule is CCCOC(=O)C1C2C=CC3(CN(C4CCCCC4)C(=O)C13)O2. The molecule has 0 aromatic carbocycles. The number of hydrogen-bond donors (Lipinski definition) is 0. The van der Waals surface area contributed by atoms with Crippen molar-refractivity contribution in [1.29, 1.82) is 0 Å². The minimum absolute atomic E-state index is 0.0993. The van der Waals surface area contributed by atoms with Crippen LogP contribution < -0.4 is 0 Å². The molecule has 2 saturated heterocycles. The lowest BCUT2D eigenvalue weighted by molar-refractivity contribution is -0.154. The molecule has 4 rings (SSSR count). The Hall–Kier alpha value is -1.36. The predicted molar refractivity (Wildman–Crippen MR) is 83.6 cm³/mol. The summed E-state index contributed by atoms with van der Waals surface area (Å²) in [6, 6.07) is 0.319. The van der Waals surface area contributed by atoms with Crippen LogP contribution in [0.3, 0.4) is 0 Å². The van der Waals surface area contributed by atoms with E-state index in [2.05, 4.69) is 0 Å². The van der Waals surface area contributed by atoms with Crippen LogP contribution in [0.25, 0.3) is 0 Å². The molecule has 1 spiro atoms. The Morgan fingerprint density at radius 1 is 1.39 bits per heavy atom. The predicted octanol–water partition coefficient (Wildman–Crippen LogP) is 2.05. The summed E-state index contributed by atoms with van der Waals surface area (Å²) in [4.78, 5) is 27.5. The summed E-state index contributed by atoms with van der Waals surface area (Å²) < 4.78 is 11.5. The quantitative estimate of drug-likeness (QED) is 0.588. The minimum atomic E-state index is -0.588. The lowest BCUT2D eigenvalue weighted by Crippen LogP contribution is -2.42. The number of rotatable bonds is 4. The zero-order chi connectivity index (χ0) is 16.0. The third-order valence-corrected chi connectivity index (χ3v) is 5.87. The standard InChI is InChI=1S/C18H25NO4/c1-2-10-22-17(21)14-13-8-9-18(23-13)11-19(16(20)15(14)18)12-6-4-3-5-7-12/h8-9,12-15H,2-7,10-11H2,1H3. The third kappa shape index (κ3) is 2.24. The molecule has 0 aromatic rings. The normalized spacial score (nSPS) is 39.1. The van der Waals surface area contributed by atoms with E-state index >= 15 is 0 Å². The molecule has 4 unspecified atom stereocenters. The Kier molecular flexibility index (Phi) is 3.71. The largest absolute Gasteiger partial charge is 0.465 e. The van der Waals surface area contributed by atoms with Gasteiger partial charge in [0, 0.05) is 6.04 Å². The first kappa shape index (κ1) is 15.2. The van der Waals surface area contributed by atoms with Gasteiger partial charge in [0.25, 0.3) is 0 Å². The number of carbonyl (C=O) groups is 2. The van der Waals surface area contributed by atoms with Gasteiger partial charge in [-0.1, -0.05) is 38.3 Å². The maximum atomic E-state index is 13.1. The van der Waals surface area contributed by atoms with Gasteiger partial charge in [-0.15, -0.1) is 0 Å². The van der Waals surface area contributed by atoms with Crippen LogP contribution in [-0.2, 0) is 19.1 Å². The van der Waals surface area contributed by atoms with E-state index in [1.165, 1.54) is 19.3 Å². The van der Waals surface area contributed by atoms with E-state index in [1.807, 2.05) is 24.0 Å². The van der Waals surface area contributed by atoms with Crippen LogP contribution >= 0.6 is 0 Å². The number of esters is 1. The molecule has 126 valence electrons. The van der Waals surface area contributed by atoms with Gasteiger partial charge in [-0.25, -0.2) is 0 Å². The third-order valence-electron chi connectivity index (χ3n) is 5.87. The number of fused-ring (bicyclic) bond motifs is 1. The van der Waals surface area contributed by atoms with Crippen LogP contribution in [0.15, 0.2) is 12.2 Å². The molecule has 3 aliphatic heterocycles. The van der Waals surface area contributed by atoms with Crippen molar-refractivity contribution in [2.24, 2.45) is 11.8 Å². The second kappa shape index (κ2) is 5.62. The van der Waals surface area contributed by atoms with Crippen molar-refractivity contribution < 1.29 is 19.1 Å². The summed E-state index contributed by atoms with van der Waals surface area (Å²) in [5, 5.41) is 0. The average Bonchev–Trinajstić information content (AvgIpc) is 3.22. The van der Waals surface area contributed by atoms with Crippen LogP contribution in [0, 0.1) is 11.8 Å². The zero-order valence-electron chi connectivity index (χ0n) is 13.7. The Balaban J connectivity index is 1.56. The van der Waals surface area contributed by atoms with Crippen molar-refractivity contribution in [2.75, 3.05) is 13.2 Å². The molecule has 4 atom stereocenters. The number of carbonyl (C=O) groups excluding carboxylic acids is 2. The van der Waals surface area contributed by atoms with Gasteiger partial charge in [-0.2, -0.15) is 0 Å². The number of amides is 1. The first-order chi connectivity index (χ1) is 11.2. The van der Waals surface area contributed by atoms with Crippen molar-refractivity contribution in [3.63, 3.8) is 0 Å². The molecule has 5 heteroatoms. The Morgan fingerprint density at radius 2 is 2.17 bits per heavy atom. The molecule has 5 nitrogen and oxygen atoms in total. The van der Waals surface area contributed by atoms with E-state index in [4.69, 9.17) is 9.47 Å². The fourth-order valence-electron chi connectivity index (χ4n) is 4.80.